The number of nitrogens with zero attached hydrogens (tertiary/aromatic N) is 2. The molecular weight excluding hydrogens is 270 g/mol. The molecule has 0 aliphatic heterocycles. The van der Waals surface area contributed by atoms with Gasteiger partial charge in [-0.1, -0.05) is 6.42 Å². The number of aromatic nitrogens is 2. The van der Waals surface area contributed by atoms with Crippen LogP contribution < -0.4 is 5.32 Å². The van der Waals surface area contributed by atoms with Crippen LogP contribution in [0.2, 0.25) is 0 Å². The minimum atomic E-state index is -0.833. The first-order valence-corrected chi connectivity index (χ1v) is 7.30. The normalized spacial score (nSPS) is 22.3. The smallest absolute Gasteiger partial charge is 0.308 e. The lowest BCUT2D eigenvalue weighted by Crippen LogP contribution is -2.40. The minimum Gasteiger partial charge on any atom is -0.481 e. The second-order valence-electron chi connectivity index (χ2n) is 6.68. The Balaban J connectivity index is 2.15. The van der Waals surface area contributed by atoms with Crippen molar-refractivity contribution in [1.82, 2.24) is 15.1 Å². The van der Waals surface area contributed by atoms with Crippen molar-refractivity contribution in [2.24, 2.45) is 5.92 Å². The molecule has 2 rings (SSSR count). The first kappa shape index (κ1) is 15.5. The average Bonchev–Trinajstić information content (AvgIpc) is 2.94. The summed E-state index contributed by atoms with van der Waals surface area (Å²) < 4.78 is 1.81. The number of amides is 1. The van der Waals surface area contributed by atoms with Gasteiger partial charge >= 0.3 is 5.97 Å². The minimum absolute atomic E-state index is 0.195. The van der Waals surface area contributed by atoms with Crippen LogP contribution in [0.15, 0.2) is 6.20 Å². The zero-order valence-corrected chi connectivity index (χ0v) is 13.0. The molecule has 0 bridgehead atoms. The highest BCUT2D eigenvalue weighted by atomic mass is 16.4. The standard InChI is InChI=1S/C15H23N3O3/c1-9-11(8-16-18(9)15(2,3)4)13(19)17-12-7-5-6-10(12)14(20)21/h8,10,12H,5-7H2,1-4H3,(H,17,19)(H,20,21)/t10-,12+/m0/s1. The predicted molar refractivity (Wildman–Crippen MR) is 78.2 cm³/mol. The number of aliphatic carboxylic acids is 1. The van der Waals surface area contributed by atoms with Crippen molar-refractivity contribution in [3.8, 4) is 0 Å². The van der Waals surface area contributed by atoms with E-state index in [0.29, 0.717) is 12.0 Å². The molecule has 6 nitrogen and oxygen atoms in total. The molecule has 0 spiro atoms. The van der Waals surface area contributed by atoms with Gasteiger partial charge in [-0.2, -0.15) is 5.10 Å². The van der Waals surface area contributed by atoms with Gasteiger partial charge in [-0.15, -0.1) is 0 Å². The van der Waals surface area contributed by atoms with Gasteiger partial charge in [0, 0.05) is 11.7 Å². The zero-order valence-electron chi connectivity index (χ0n) is 13.0. The third-order valence-electron chi connectivity index (χ3n) is 4.04. The quantitative estimate of drug-likeness (QED) is 0.892. The summed E-state index contributed by atoms with van der Waals surface area (Å²) in [6.45, 7) is 7.92. The largest absolute Gasteiger partial charge is 0.481 e. The Morgan fingerprint density at radius 2 is 2.05 bits per heavy atom. The molecule has 21 heavy (non-hydrogen) atoms. The number of hydrogen-bond donors (Lipinski definition) is 2. The summed E-state index contributed by atoms with van der Waals surface area (Å²) in [6.07, 6.45) is 3.73. The second kappa shape index (κ2) is 5.50. The Morgan fingerprint density at radius 1 is 1.38 bits per heavy atom. The number of rotatable bonds is 3. The van der Waals surface area contributed by atoms with Gasteiger partial charge in [-0.05, 0) is 40.5 Å². The van der Waals surface area contributed by atoms with Gasteiger partial charge in [-0.3, -0.25) is 14.3 Å². The lowest BCUT2D eigenvalue weighted by Gasteiger charge is -2.22. The molecule has 0 aromatic carbocycles. The zero-order chi connectivity index (χ0) is 15.8. The van der Waals surface area contributed by atoms with E-state index < -0.39 is 11.9 Å². The Bertz CT molecular complexity index is 557. The molecule has 0 saturated heterocycles. The topological polar surface area (TPSA) is 84.2 Å². The molecule has 1 heterocycles. The number of hydrogen-bond acceptors (Lipinski definition) is 3. The summed E-state index contributed by atoms with van der Waals surface area (Å²) in [5.74, 6) is -1.55. The van der Waals surface area contributed by atoms with Crippen LogP contribution in [0.5, 0.6) is 0 Å². The van der Waals surface area contributed by atoms with E-state index in [1.165, 1.54) is 0 Å². The summed E-state index contributed by atoms with van der Waals surface area (Å²) in [5, 5.41) is 16.3. The summed E-state index contributed by atoms with van der Waals surface area (Å²) in [7, 11) is 0. The molecule has 1 aliphatic carbocycles. The van der Waals surface area contributed by atoms with Crippen molar-refractivity contribution in [2.75, 3.05) is 0 Å². The Hall–Kier alpha value is -1.85. The average molecular weight is 293 g/mol. The maximum Gasteiger partial charge on any atom is 0.308 e. The van der Waals surface area contributed by atoms with Crippen molar-refractivity contribution >= 4 is 11.9 Å². The van der Waals surface area contributed by atoms with Crippen molar-refractivity contribution in [2.45, 2.75) is 58.5 Å². The van der Waals surface area contributed by atoms with Gasteiger partial charge in [0.15, 0.2) is 0 Å². The van der Waals surface area contributed by atoms with Crippen LogP contribution in [0.3, 0.4) is 0 Å². The fraction of sp³-hybridized carbons (Fsp3) is 0.667. The molecule has 2 N–H and O–H groups in total. The highest BCUT2D eigenvalue weighted by Crippen LogP contribution is 2.26. The predicted octanol–water partition coefficient (Wildman–Crippen LogP) is 1.93. The molecule has 116 valence electrons. The van der Waals surface area contributed by atoms with Crippen molar-refractivity contribution in [1.29, 1.82) is 0 Å². The summed E-state index contributed by atoms with van der Waals surface area (Å²) in [6, 6.07) is -0.285. The van der Waals surface area contributed by atoms with E-state index in [9.17, 15) is 9.59 Å². The Labute approximate surface area is 124 Å². The van der Waals surface area contributed by atoms with Crippen LogP contribution in [0, 0.1) is 12.8 Å². The van der Waals surface area contributed by atoms with E-state index in [2.05, 4.69) is 10.4 Å². The van der Waals surface area contributed by atoms with Gasteiger partial charge in [0.05, 0.1) is 23.2 Å². The molecule has 1 aliphatic rings. The van der Waals surface area contributed by atoms with Gasteiger partial charge < -0.3 is 10.4 Å². The van der Waals surface area contributed by atoms with Crippen LogP contribution in [0.1, 0.15) is 56.1 Å². The molecule has 1 aromatic heterocycles. The third-order valence-corrected chi connectivity index (χ3v) is 4.04. The Kier molecular flexibility index (Phi) is 4.07. The molecule has 1 fully saturated rings. The van der Waals surface area contributed by atoms with Gasteiger partial charge in [-0.25, -0.2) is 0 Å². The van der Waals surface area contributed by atoms with Gasteiger partial charge in [0.1, 0.15) is 0 Å². The monoisotopic (exact) mass is 293 g/mol. The van der Waals surface area contributed by atoms with Crippen molar-refractivity contribution in [3.63, 3.8) is 0 Å². The molecule has 0 unspecified atom stereocenters. The van der Waals surface area contributed by atoms with E-state index in [1.807, 2.05) is 32.4 Å². The lowest BCUT2D eigenvalue weighted by atomic mass is 10.0. The number of carbonyl (C=O) groups is 2. The Morgan fingerprint density at radius 3 is 2.57 bits per heavy atom. The molecule has 1 aromatic rings. The SMILES string of the molecule is Cc1c(C(=O)N[C@@H]2CCC[C@@H]2C(=O)O)cnn1C(C)(C)C. The molecule has 1 amide bonds. The first-order chi connectivity index (χ1) is 9.71. The summed E-state index contributed by atoms with van der Waals surface area (Å²) >= 11 is 0. The molecule has 0 radical (unpaired) electrons. The number of carbonyl (C=O) groups excluding carboxylic acids is 1. The van der Waals surface area contributed by atoms with Gasteiger partial charge in [0.25, 0.3) is 5.91 Å². The number of carboxylic acid groups (broad SMARTS) is 1. The lowest BCUT2D eigenvalue weighted by molar-refractivity contribution is -0.142. The maximum absolute atomic E-state index is 12.4. The van der Waals surface area contributed by atoms with E-state index in [4.69, 9.17) is 5.11 Å². The molecule has 6 heteroatoms. The van der Waals surface area contributed by atoms with E-state index >= 15 is 0 Å². The second-order valence-corrected chi connectivity index (χ2v) is 6.68. The van der Waals surface area contributed by atoms with Crippen LogP contribution in [-0.2, 0) is 10.3 Å². The molecule has 2 atom stereocenters. The van der Waals surface area contributed by atoms with E-state index in [1.54, 1.807) is 6.20 Å². The molecule has 1 saturated carbocycles. The van der Waals surface area contributed by atoms with Gasteiger partial charge in [0.2, 0.25) is 0 Å². The fourth-order valence-corrected chi connectivity index (χ4v) is 2.98. The third kappa shape index (κ3) is 3.09. The summed E-state index contributed by atoms with van der Waals surface area (Å²) in [5.41, 5.74) is 1.12. The van der Waals surface area contributed by atoms with Crippen molar-refractivity contribution < 1.29 is 14.7 Å². The van der Waals surface area contributed by atoms with Crippen LogP contribution in [-0.4, -0.2) is 32.8 Å². The van der Waals surface area contributed by atoms with Crippen LogP contribution in [0.25, 0.3) is 0 Å². The fourth-order valence-electron chi connectivity index (χ4n) is 2.98. The summed E-state index contributed by atoms with van der Waals surface area (Å²) in [4.78, 5) is 23.5. The highest BCUT2D eigenvalue weighted by molar-refractivity contribution is 5.95. The number of nitrogens with one attached hydrogen (secondary N) is 1. The van der Waals surface area contributed by atoms with Crippen LogP contribution >= 0.6 is 0 Å². The highest BCUT2D eigenvalue weighted by Gasteiger charge is 2.34. The first-order valence-electron chi connectivity index (χ1n) is 7.30. The van der Waals surface area contributed by atoms with Crippen LogP contribution in [0.4, 0.5) is 0 Å². The maximum atomic E-state index is 12.4. The molecular formula is C15H23N3O3. The van der Waals surface area contributed by atoms with E-state index in [-0.39, 0.29) is 17.5 Å². The van der Waals surface area contributed by atoms with E-state index in [0.717, 1.165) is 18.5 Å². The van der Waals surface area contributed by atoms with Crippen molar-refractivity contribution in [3.05, 3.63) is 17.5 Å². The number of carboxylic acids is 1.